The Morgan fingerprint density at radius 1 is 1.29 bits per heavy atom. The van der Waals surface area contributed by atoms with Crippen LogP contribution >= 0.6 is 0 Å². The summed E-state index contributed by atoms with van der Waals surface area (Å²) >= 11 is 0. The maximum absolute atomic E-state index is 12.0. The van der Waals surface area contributed by atoms with Crippen molar-refractivity contribution in [2.75, 3.05) is 0 Å². The zero-order chi connectivity index (χ0) is 13.0. The van der Waals surface area contributed by atoms with E-state index in [2.05, 4.69) is 5.32 Å². The summed E-state index contributed by atoms with van der Waals surface area (Å²) < 4.78 is 0. The van der Waals surface area contributed by atoms with Gasteiger partial charge < -0.3 is 16.2 Å². The van der Waals surface area contributed by atoms with E-state index in [9.17, 15) is 9.59 Å². The summed E-state index contributed by atoms with van der Waals surface area (Å²) in [7, 11) is 0. The minimum atomic E-state index is -0.988. The molecule has 1 aliphatic carbocycles. The molecule has 5 heteroatoms. The number of carboxylic acid groups (broad SMARTS) is 1. The van der Waals surface area contributed by atoms with Crippen molar-refractivity contribution < 1.29 is 14.7 Å². The van der Waals surface area contributed by atoms with Crippen LogP contribution in [-0.2, 0) is 9.59 Å². The molecular weight excluding hydrogens is 220 g/mol. The number of nitrogens with one attached hydrogen (secondary N) is 1. The van der Waals surface area contributed by atoms with Gasteiger partial charge in [-0.05, 0) is 18.8 Å². The minimum absolute atomic E-state index is 0.128. The molecule has 0 aromatic heterocycles. The topological polar surface area (TPSA) is 92.4 Å². The highest BCUT2D eigenvalue weighted by Gasteiger charge is 2.32. The van der Waals surface area contributed by atoms with Crippen molar-refractivity contribution >= 4 is 11.9 Å². The number of hydrogen-bond acceptors (Lipinski definition) is 3. The lowest BCUT2D eigenvalue weighted by molar-refractivity contribution is -0.144. The monoisotopic (exact) mass is 242 g/mol. The molecule has 0 aromatic carbocycles. The Morgan fingerprint density at radius 3 is 2.35 bits per heavy atom. The molecule has 0 saturated heterocycles. The second-order valence-electron chi connectivity index (χ2n) is 5.12. The third-order valence-electron chi connectivity index (χ3n) is 3.39. The van der Waals surface area contributed by atoms with Crippen molar-refractivity contribution in [2.45, 2.75) is 51.6 Å². The van der Waals surface area contributed by atoms with Crippen molar-refractivity contribution in [3.63, 3.8) is 0 Å². The third kappa shape index (κ3) is 3.70. The molecule has 98 valence electrons. The fourth-order valence-electron chi connectivity index (χ4n) is 2.26. The Labute approximate surface area is 102 Å². The second-order valence-corrected chi connectivity index (χ2v) is 5.12. The zero-order valence-corrected chi connectivity index (χ0v) is 10.5. The van der Waals surface area contributed by atoms with E-state index < -0.39 is 12.0 Å². The highest BCUT2D eigenvalue weighted by Crippen LogP contribution is 2.23. The van der Waals surface area contributed by atoms with Crippen LogP contribution in [-0.4, -0.2) is 29.1 Å². The van der Waals surface area contributed by atoms with Crippen LogP contribution in [0.5, 0.6) is 0 Å². The summed E-state index contributed by atoms with van der Waals surface area (Å²) in [5, 5.41) is 11.6. The SMILES string of the molecule is CC(C)C(NC(=O)C1CCCCC1N)C(=O)O. The molecule has 3 atom stereocenters. The molecule has 0 radical (unpaired) electrons. The van der Waals surface area contributed by atoms with E-state index in [1.54, 1.807) is 13.8 Å². The van der Waals surface area contributed by atoms with Gasteiger partial charge in [0, 0.05) is 6.04 Å². The van der Waals surface area contributed by atoms with Crippen LogP contribution in [0.25, 0.3) is 0 Å². The number of aliphatic carboxylic acids is 1. The highest BCUT2D eigenvalue weighted by molar-refractivity contribution is 5.85. The van der Waals surface area contributed by atoms with Gasteiger partial charge in [0.15, 0.2) is 0 Å². The summed E-state index contributed by atoms with van der Waals surface area (Å²) in [5.74, 6) is -1.56. The van der Waals surface area contributed by atoms with E-state index >= 15 is 0 Å². The van der Waals surface area contributed by atoms with E-state index in [1.165, 1.54) is 0 Å². The molecule has 3 unspecified atom stereocenters. The molecule has 1 saturated carbocycles. The molecule has 1 amide bonds. The van der Waals surface area contributed by atoms with E-state index in [1.807, 2.05) is 0 Å². The van der Waals surface area contributed by atoms with Gasteiger partial charge in [-0.3, -0.25) is 4.79 Å². The van der Waals surface area contributed by atoms with Crippen molar-refractivity contribution in [1.29, 1.82) is 0 Å². The number of hydrogen-bond donors (Lipinski definition) is 3. The molecule has 0 bridgehead atoms. The lowest BCUT2D eigenvalue weighted by Crippen LogP contribution is -2.50. The Hall–Kier alpha value is -1.10. The first-order chi connectivity index (χ1) is 7.93. The Bertz CT molecular complexity index is 291. The number of amides is 1. The average molecular weight is 242 g/mol. The number of carboxylic acids is 1. The lowest BCUT2D eigenvalue weighted by atomic mass is 9.84. The van der Waals surface area contributed by atoms with Gasteiger partial charge in [-0.1, -0.05) is 26.7 Å². The molecule has 0 spiro atoms. The summed E-state index contributed by atoms with van der Waals surface area (Å²) in [6, 6.07) is -0.956. The number of carbonyl (C=O) groups excluding carboxylic acids is 1. The fourth-order valence-corrected chi connectivity index (χ4v) is 2.26. The smallest absolute Gasteiger partial charge is 0.326 e. The normalized spacial score (nSPS) is 26.6. The molecular formula is C12H22N2O3. The van der Waals surface area contributed by atoms with Crippen LogP contribution < -0.4 is 11.1 Å². The highest BCUT2D eigenvalue weighted by atomic mass is 16.4. The summed E-state index contributed by atoms with van der Waals surface area (Å²) in [6.07, 6.45) is 3.65. The Kier molecular flexibility index (Phi) is 4.93. The first-order valence-electron chi connectivity index (χ1n) is 6.22. The summed E-state index contributed by atoms with van der Waals surface area (Å²) in [6.45, 7) is 3.56. The predicted molar refractivity (Wildman–Crippen MR) is 64.3 cm³/mol. The van der Waals surface area contributed by atoms with E-state index in [-0.39, 0.29) is 23.8 Å². The van der Waals surface area contributed by atoms with Crippen molar-refractivity contribution in [3.05, 3.63) is 0 Å². The molecule has 0 aromatic rings. The predicted octanol–water partition coefficient (Wildman–Crippen LogP) is 0.729. The number of nitrogens with two attached hydrogens (primary N) is 1. The Balaban J connectivity index is 2.60. The van der Waals surface area contributed by atoms with Gasteiger partial charge in [0.1, 0.15) is 6.04 Å². The standard InChI is InChI=1S/C12H22N2O3/c1-7(2)10(12(16)17)14-11(15)8-5-3-4-6-9(8)13/h7-10H,3-6,13H2,1-2H3,(H,14,15)(H,16,17). The Morgan fingerprint density at radius 2 is 1.88 bits per heavy atom. The van der Waals surface area contributed by atoms with Gasteiger partial charge in [0.05, 0.1) is 5.92 Å². The average Bonchev–Trinajstić information content (AvgIpc) is 2.25. The molecule has 0 aliphatic heterocycles. The van der Waals surface area contributed by atoms with Gasteiger partial charge in [-0.25, -0.2) is 4.79 Å². The molecule has 0 heterocycles. The molecule has 4 N–H and O–H groups in total. The third-order valence-corrected chi connectivity index (χ3v) is 3.39. The first-order valence-corrected chi connectivity index (χ1v) is 6.22. The van der Waals surface area contributed by atoms with Crippen LogP contribution in [0.4, 0.5) is 0 Å². The quantitative estimate of drug-likeness (QED) is 0.677. The van der Waals surface area contributed by atoms with Crippen molar-refractivity contribution in [1.82, 2.24) is 5.32 Å². The largest absolute Gasteiger partial charge is 0.480 e. The molecule has 1 fully saturated rings. The van der Waals surface area contributed by atoms with Gasteiger partial charge in [0.2, 0.25) is 5.91 Å². The lowest BCUT2D eigenvalue weighted by Gasteiger charge is -2.29. The van der Waals surface area contributed by atoms with Crippen LogP contribution in [0.1, 0.15) is 39.5 Å². The van der Waals surface area contributed by atoms with E-state index in [4.69, 9.17) is 10.8 Å². The van der Waals surface area contributed by atoms with Crippen molar-refractivity contribution in [2.24, 2.45) is 17.6 Å². The van der Waals surface area contributed by atoms with E-state index in [0.29, 0.717) is 0 Å². The fraction of sp³-hybridized carbons (Fsp3) is 0.833. The zero-order valence-electron chi connectivity index (χ0n) is 10.5. The van der Waals surface area contributed by atoms with Gasteiger partial charge in [-0.2, -0.15) is 0 Å². The maximum atomic E-state index is 12.0. The van der Waals surface area contributed by atoms with Gasteiger partial charge in [-0.15, -0.1) is 0 Å². The molecule has 5 nitrogen and oxygen atoms in total. The summed E-state index contributed by atoms with van der Waals surface area (Å²) in [4.78, 5) is 23.0. The van der Waals surface area contributed by atoms with Crippen molar-refractivity contribution in [3.8, 4) is 0 Å². The summed E-state index contributed by atoms with van der Waals surface area (Å²) in [5.41, 5.74) is 5.90. The number of rotatable bonds is 4. The second kappa shape index (κ2) is 6.00. The number of carbonyl (C=O) groups is 2. The maximum Gasteiger partial charge on any atom is 0.326 e. The van der Waals surface area contributed by atoms with Gasteiger partial charge in [0.25, 0.3) is 0 Å². The van der Waals surface area contributed by atoms with Gasteiger partial charge >= 0.3 is 5.97 Å². The first kappa shape index (κ1) is 14.0. The van der Waals surface area contributed by atoms with Crippen LogP contribution in [0.15, 0.2) is 0 Å². The molecule has 1 rings (SSSR count). The minimum Gasteiger partial charge on any atom is -0.480 e. The van der Waals surface area contributed by atoms with Crippen LogP contribution in [0, 0.1) is 11.8 Å². The molecule has 1 aliphatic rings. The van der Waals surface area contributed by atoms with E-state index in [0.717, 1.165) is 25.7 Å². The van der Waals surface area contributed by atoms with Crippen LogP contribution in [0.3, 0.4) is 0 Å². The molecule has 17 heavy (non-hydrogen) atoms. The van der Waals surface area contributed by atoms with Crippen LogP contribution in [0.2, 0.25) is 0 Å².